The Bertz CT molecular complexity index is 2430. The lowest BCUT2D eigenvalue weighted by Gasteiger charge is -2.55. The van der Waals surface area contributed by atoms with Crippen LogP contribution in [-0.4, -0.2) is 78.8 Å². The number of ketones is 2. The van der Waals surface area contributed by atoms with Gasteiger partial charge in [-0.1, -0.05) is 101 Å². The van der Waals surface area contributed by atoms with Gasteiger partial charge in [0, 0.05) is 41.7 Å². The zero-order valence-corrected chi connectivity index (χ0v) is 39.4. The van der Waals surface area contributed by atoms with Gasteiger partial charge in [0.2, 0.25) is 11.6 Å². The molecule has 1 saturated heterocycles. The van der Waals surface area contributed by atoms with Crippen LogP contribution in [0.15, 0.2) is 102 Å². The lowest BCUT2D eigenvalue weighted by Crippen LogP contribution is -2.68. The van der Waals surface area contributed by atoms with Crippen LogP contribution in [0.25, 0.3) is 5.76 Å². The van der Waals surface area contributed by atoms with Crippen LogP contribution in [0.1, 0.15) is 103 Å². The maximum atomic E-state index is 16.3. The molecule has 0 amide bonds. The third-order valence-corrected chi connectivity index (χ3v) is 18.8. The van der Waals surface area contributed by atoms with Gasteiger partial charge in [-0.25, -0.2) is 0 Å². The third kappa shape index (κ3) is 7.75. The summed E-state index contributed by atoms with van der Waals surface area (Å²) in [5, 5.41) is 17.0. The number of Topliss-reactive ketones (excluding diaryl/α,β-unsaturated/α-hetero) is 2. The molecule has 1 aliphatic heterocycles. The van der Waals surface area contributed by atoms with Crippen LogP contribution in [0, 0.1) is 11.8 Å². The van der Waals surface area contributed by atoms with Crippen molar-refractivity contribution in [2.45, 2.75) is 102 Å². The topological polar surface area (TPSA) is 124 Å². The molecular weight excluding hydrogens is 823 g/mol. The van der Waals surface area contributed by atoms with Crippen molar-refractivity contribution >= 4 is 25.6 Å². The Balaban J connectivity index is 1.36. The van der Waals surface area contributed by atoms with Gasteiger partial charge < -0.3 is 28.3 Å². The van der Waals surface area contributed by atoms with E-state index in [9.17, 15) is 5.11 Å². The highest BCUT2D eigenvalue weighted by atomic mass is 28.4. The first-order valence-corrected chi connectivity index (χ1v) is 25.6. The van der Waals surface area contributed by atoms with Crippen LogP contribution in [0.4, 0.5) is 0 Å². The minimum Gasteiger partial charge on any atom is -0.507 e. The molecule has 12 heteroatoms. The Kier molecular flexibility index (Phi) is 12.7. The van der Waals surface area contributed by atoms with Gasteiger partial charge in [0.1, 0.15) is 36.0 Å². The monoisotopic (exact) mass is 885 g/mol. The number of aliphatic hydroxyl groups is 1. The van der Waals surface area contributed by atoms with E-state index in [2.05, 4.69) is 68.9 Å². The van der Waals surface area contributed by atoms with Crippen LogP contribution >= 0.6 is 0 Å². The largest absolute Gasteiger partial charge is 0.507 e. The van der Waals surface area contributed by atoms with Crippen molar-refractivity contribution in [2.24, 2.45) is 11.8 Å². The Morgan fingerprint density at radius 3 is 2.20 bits per heavy atom. The normalized spacial score (nSPS) is 23.3. The lowest BCUT2D eigenvalue weighted by atomic mass is 9.57. The number of methoxy groups -OCH3 is 1. The first-order chi connectivity index (χ1) is 30.7. The van der Waals surface area contributed by atoms with Crippen molar-refractivity contribution in [1.82, 2.24) is 15.0 Å². The minimum absolute atomic E-state index is 0.00770. The second-order valence-electron chi connectivity index (χ2n) is 19.2. The molecule has 2 fully saturated rings. The molecule has 4 aliphatic rings. The van der Waals surface area contributed by atoms with E-state index in [0.717, 1.165) is 48.2 Å². The summed E-state index contributed by atoms with van der Waals surface area (Å²) in [4.78, 5) is 36.8. The summed E-state index contributed by atoms with van der Waals surface area (Å²) in [6, 6.07) is 20.9. The molecule has 0 radical (unpaired) electrons. The fourth-order valence-corrected chi connectivity index (χ4v) is 11.8. The van der Waals surface area contributed by atoms with Crippen molar-refractivity contribution in [2.75, 3.05) is 33.3 Å². The van der Waals surface area contributed by atoms with Crippen molar-refractivity contribution in [3.63, 3.8) is 0 Å². The fourth-order valence-electron chi connectivity index (χ4n) is 10.4. The lowest BCUT2D eigenvalue weighted by molar-refractivity contribution is -0.141. The van der Waals surface area contributed by atoms with E-state index in [4.69, 9.17) is 23.2 Å². The van der Waals surface area contributed by atoms with Gasteiger partial charge in [-0.15, -0.1) is 13.2 Å². The van der Waals surface area contributed by atoms with Gasteiger partial charge in [-0.05, 0) is 85.2 Å². The number of likely N-dealkylation sites (tertiary alicyclic amines) is 1. The highest BCUT2D eigenvalue weighted by Crippen LogP contribution is 2.60. The van der Waals surface area contributed by atoms with E-state index in [1.807, 2.05) is 66.7 Å². The zero-order valence-electron chi connectivity index (χ0n) is 38.4. The number of carbonyl (C=O) groups excluding carboxylic acids is 2. The summed E-state index contributed by atoms with van der Waals surface area (Å²) in [7, 11) is -1.31. The molecule has 0 bridgehead atoms. The molecule has 1 N–H and O–H groups in total. The standard InChI is InChI=1S/C52H63N3O8Si/c1-10-25-55(26-11-2)44-38-29-35-28-37-42(40(60-31-33-20-15-13-16-21-33)30-36(46(37)59-7)39-24-19-27-54(39)12-3)45(56)41(35)48(57)52(38,63-64(8,9)51(4,5)6)49(58)43-47(44)62-53-50(43)61-32-34-22-17-14-18-23-34/h10-11,13-18,20-23,30,35,38-39,44,56H,1-2,12,19,24-29,31-32H2,3-9H3/t35-,38-,39-,44-,52?/m0/s1. The predicted molar refractivity (Wildman–Crippen MR) is 250 cm³/mol. The summed E-state index contributed by atoms with van der Waals surface area (Å²) < 4.78 is 33.0. The van der Waals surface area contributed by atoms with Crippen molar-refractivity contribution in [1.29, 1.82) is 0 Å². The Morgan fingerprint density at radius 2 is 1.61 bits per heavy atom. The molecule has 3 aromatic carbocycles. The molecule has 8 rings (SSSR count). The van der Waals surface area contributed by atoms with E-state index in [1.165, 1.54) is 0 Å². The van der Waals surface area contributed by atoms with E-state index >= 15 is 9.59 Å². The number of rotatable bonds is 16. The average Bonchev–Trinajstić information content (AvgIpc) is 3.93. The van der Waals surface area contributed by atoms with Gasteiger partial charge in [0.25, 0.3) is 5.88 Å². The molecule has 4 aromatic rings. The summed E-state index contributed by atoms with van der Waals surface area (Å²) >= 11 is 0. The molecular formula is C52H63N3O8Si. The van der Waals surface area contributed by atoms with Crippen LogP contribution in [0.2, 0.25) is 18.1 Å². The maximum Gasteiger partial charge on any atom is 0.265 e. The van der Waals surface area contributed by atoms with Gasteiger partial charge in [0.15, 0.2) is 19.7 Å². The number of nitrogens with zero attached hydrogens (tertiary/aromatic N) is 3. The Morgan fingerprint density at radius 1 is 0.969 bits per heavy atom. The first kappa shape index (κ1) is 45.3. The fraction of sp³-hybridized carbons (Fsp3) is 0.442. The van der Waals surface area contributed by atoms with E-state index in [-0.39, 0.29) is 42.0 Å². The zero-order chi connectivity index (χ0) is 45.6. The van der Waals surface area contributed by atoms with Gasteiger partial charge >= 0.3 is 0 Å². The van der Waals surface area contributed by atoms with Crippen molar-refractivity contribution in [3.05, 3.63) is 137 Å². The van der Waals surface area contributed by atoms with Gasteiger partial charge in [0.05, 0.1) is 18.7 Å². The molecule has 3 aliphatic carbocycles. The number of aliphatic hydroxyl groups excluding tert-OH is 1. The predicted octanol–water partition coefficient (Wildman–Crippen LogP) is 10.4. The maximum absolute atomic E-state index is 16.3. The quantitative estimate of drug-likeness (QED) is 0.0657. The number of hydrogen-bond acceptors (Lipinski definition) is 11. The number of ether oxygens (including phenoxy) is 3. The smallest absolute Gasteiger partial charge is 0.265 e. The highest BCUT2D eigenvalue weighted by Gasteiger charge is 2.69. The van der Waals surface area contributed by atoms with Gasteiger partial charge in [-0.3, -0.25) is 19.4 Å². The second kappa shape index (κ2) is 18.0. The number of benzene rings is 3. The molecule has 5 atom stereocenters. The van der Waals surface area contributed by atoms with Crippen LogP contribution in [0.3, 0.4) is 0 Å². The molecule has 338 valence electrons. The first-order valence-electron chi connectivity index (χ1n) is 22.7. The third-order valence-electron chi connectivity index (χ3n) is 14.4. The molecule has 1 aromatic heterocycles. The Labute approximate surface area is 378 Å². The Hall–Kier alpha value is -5.27. The molecule has 1 unspecified atom stereocenters. The minimum atomic E-state index is -2.99. The molecule has 1 saturated carbocycles. The number of fused-ring (bicyclic) bond motifs is 4. The molecule has 0 spiro atoms. The highest BCUT2D eigenvalue weighted by molar-refractivity contribution is 6.74. The van der Waals surface area contributed by atoms with Crippen LogP contribution < -0.4 is 14.2 Å². The van der Waals surface area contributed by atoms with Crippen molar-refractivity contribution < 1.29 is 37.9 Å². The van der Waals surface area contributed by atoms with E-state index in [1.54, 1.807) is 19.3 Å². The second-order valence-corrected chi connectivity index (χ2v) is 23.9. The van der Waals surface area contributed by atoms with E-state index in [0.29, 0.717) is 48.8 Å². The molecule has 2 heterocycles. The van der Waals surface area contributed by atoms with Crippen molar-refractivity contribution in [3.8, 4) is 17.4 Å². The van der Waals surface area contributed by atoms with Crippen LogP contribution in [-0.2, 0) is 28.9 Å². The summed E-state index contributed by atoms with van der Waals surface area (Å²) in [5.41, 5.74) is 2.19. The molecule has 11 nitrogen and oxygen atoms in total. The summed E-state index contributed by atoms with van der Waals surface area (Å²) in [6.45, 7) is 23.7. The number of carbonyl (C=O) groups is 2. The van der Waals surface area contributed by atoms with Crippen LogP contribution in [0.5, 0.6) is 17.4 Å². The SMILES string of the molecule is C=CCN(CC=C)[C@@H]1c2onc(OCc3ccccc3)c2C(=O)C2(O[Si](C)(C)C(C)(C)C)C(=O)C3=C(O)c4c(OCc5ccccc5)cc([C@@H]5CCCN5CC)c(OC)c4C[C@H]3C[C@@H]12. The van der Waals surface area contributed by atoms with Gasteiger partial charge in [-0.2, -0.15) is 0 Å². The summed E-state index contributed by atoms with van der Waals surface area (Å²) in [5.74, 6) is -1.16. The molecule has 64 heavy (non-hydrogen) atoms. The average molecular weight is 886 g/mol. The summed E-state index contributed by atoms with van der Waals surface area (Å²) in [6.07, 6.45) is 6.26. The number of aromatic nitrogens is 1. The number of hydrogen-bond donors (Lipinski definition) is 1. The van der Waals surface area contributed by atoms with E-state index < -0.39 is 48.4 Å².